The standard InChI is InChI=1S/C11H14N2O3/c14-10(15)3-1-2-8-6-12-7-13(11(8)16)9-4-5-9/h6-7,9H,1-5H2,(H,14,15). The largest absolute Gasteiger partial charge is 0.481 e. The van der Waals surface area contributed by atoms with Crippen LogP contribution in [-0.2, 0) is 11.2 Å². The molecule has 1 aliphatic carbocycles. The Morgan fingerprint density at radius 2 is 2.31 bits per heavy atom. The van der Waals surface area contributed by atoms with Gasteiger partial charge in [0, 0.05) is 24.2 Å². The van der Waals surface area contributed by atoms with Gasteiger partial charge in [-0.15, -0.1) is 0 Å². The zero-order valence-corrected chi connectivity index (χ0v) is 8.93. The molecule has 1 saturated carbocycles. The highest BCUT2D eigenvalue weighted by Gasteiger charge is 2.25. The molecule has 1 aromatic rings. The summed E-state index contributed by atoms with van der Waals surface area (Å²) < 4.78 is 1.66. The van der Waals surface area contributed by atoms with Crippen molar-refractivity contribution < 1.29 is 9.90 Å². The molecule has 1 aliphatic rings. The number of carbonyl (C=O) groups is 1. The van der Waals surface area contributed by atoms with Crippen LogP contribution in [0.4, 0.5) is 0 Å². The number of carboxylic acid groups (broad SMARTS) is 1. The zero-order chi connectivity index (χ0) is 11.5. The predicted octanol–water partition coefficient (Wildman–Crippen LogP) is 0.985. The maximum atomic E-state index is 11.9. The van der Waals surface area contributed by atoms with E-state index in [9.17, 15) is 9.59 Å². The Balaban J connectivity index is 2.06. The number of aliphatic carboxylic acids is 1. The van der Waals surface area contributed by atoms with Crippen LogP contribution in [0.2, 0.25) is 0 Å². The van der Waals surface area contributed by atoms with E-state index < -0.39 is 5.97 Å². The third-order valence-electron chi connectivity index (χ3n) is 2.71. The summed E-state index contributed by atoms with van der Waals surface area (Å²) in [5.74, 6) is -0.827. The van der Waals surface area contributed by atoms with Gasteiger partial charge in [0.05, 0.1) is 6.33 Å². The Hall–Kier alpha value is -1.65. The number of carboxylic acids is 1. The maximum Gasteiger partial charge on any atom is 0.303 e. The minimum atomic E-state index is -0.827. The van der Waals surface area contributed by atoms with Crippen LogP contribution in [0, 0.1) is 0 Å². The Labute approximate surface area is 92.7 Å². The summed E-state index contributed by atoms with van der Waals surface area (Å²) in [7, 11) is 0. The molecule has 0 amide bonds. The summed E-state index contributed by atoms with van der Waals surface area (Å²) in [5, 5.41) is 8.51. The van der Waals surface area contributed by atoms with Crippen molar-refractivity contribution in [2.75, 3.05) is 0 Å². The van der Waals surface area contributed by atoms with Gasteiger partial charge in [0.2, 0.25) is 0 Å². The number of hydrogen-bond acceptors (Lipinski definition) is 3. The smallest absolute Gasteiger partial charge is 0.303 e. The SMILES string of the molecule is O=C(O)CCCc1cncn(C2CC2)c1=O. The van der Waals surface area contributed by atoms with Crippen LogP contribution in [-0.4, -0.2) is 20.6 Å². The average Bonchev–Trinajstić information content (AvgIpc) is 3.04. The molecule has 0 bridgehead atoms. The normalized spacial score (nSPS) is 15.0. The van der Waals surface area contributed by atoms with Crippen molar-refractivity contribution >= 4 is 5.97 Å². The number of aromatic nitrogens is 2. The van der Waals surface area contributed by atoms with Crippen molar-refractivity contribution in [1.29, 1.82) is 0 Å². The zero-order valence-electron chi connectivity index (χ0n) is 8.93. The summed E-state index contributed by atoms with van der Waals surface area (Å²) in [4.78, 5) is 26.3. The molecule has 0 spiro atoms. The van der Waals surface area contributed by atoms with E-state index in [1.165, 1.54) is 0 Å². The fraction of sp³-hybridized carbons (Fsp3) is 0.545. The van der Waals surface area contributed by atoms with E-state index in [0.717, 1.165) is 12.8 Å². The number of aryl methyl sites for hydroxylation is 1. The van der Waals surface area contributed by atoms with Gasteiger partial charge >= 0.3 is 5.97 Å². The molecule has 0 saturated heterocycles. The lowest BCUT2D eigenvalue weighted by Crippen LogP contribution is -2.23. The molecule has 1 aromatic heterocycles. The van der Waals surface area contributed by atoms with Gasteiger partial charge in [-0.25, -0.2) is 4.98 Å². The van der Waals surface area contributed by atoms with Crippen molar-refractivity contribution in [2.24, 2.45) is 0 Å². The Kier molecular flexibility index (Phi) is 3.03. The quantitative estimate of drug-likeness (QED) is 0.806. The molecule has 0 unspecified atom stereocenters. The van der Waals surface area contributed by atoms with Crippen molar-refractivity contribution in [3.63, 3.8) is 0 Å². The molecule has 16 heavy (non-hydrogen) atoms. The van der Waals surface area contributed by atoms with Crippen molar-refractivity contribution in [1.82, 2.24) is 9.55 Å². The van der Waals surface area contributed by atoms with Gasteiger partial charge in [0.25, 0.3) is 5.56 Å². The molecule has 86 valence electrons. The first-order valence-electron chi connectivity index (χ1n) is 5.45. The van der Waals surface area contributed by atoms with Crippen LogP contribution >= 0.6 is 0 Å². The van der Waals surface area contributed by atoms with E-state index in [2.05, 4.69) is 4.98 Å². The number of rotatable bonds is 5. The van der Waals surface area contributed by atoms with Gasteiger partial charge in [-0.3, -0.25) is 14.2 Å². The van der Waals surface area contributed by atoms with E-state index in [1.807, 2.05) is 0 Å². The molecule has 2 rings (SSSR count). The van der Waals surface area contributed by atoms with E-state index in [1.54, 1.807) is 17.1 Å². The minimum Gasteiger partial charge on any atom is -0.481 e. The summed E-state index contributed by atoms with van der Waals surface area (Å²) in [6.07, 6.45) is 6.27. The van der Waals surface area contributed by atoms with Gasteiger partial charge in [0.1, 0.15) is 0 Å². The lowest BCUT2D eigenvalue weighted by Gasteiger charge is -2.04. The molecule has 1 heterocycles. The van der Waals surface area contributed by atoms with E-state index >= 15 is 0 Å². The van der Waals surface area contributed by atoms with Crippen LogP contribution in [0.25, 0.3) is 0 Å². The van der Waals surface area contributed by atoms with Crippen molar-refractivity contribution in [2.45, 2.75) is 38.1 Å². The van der Waals surface area contributed by atoms with Gasteiger partial charge in [-0.05, 0) is 25.7 Å². The van der Waals surface area contributed by atoms with Crippen molar-refractivity contribution in [3.05, 3.63) is 28.4 Å². The van der Waals surface area contributed by atoms with Crippen LogP contribution < -0.4 is 5.56 Å². The lowest BCUT2D eigenvalue weighted by atomic mass is 10.1. The first-order valence-corrected chi connectivity index (χ1v) is 5.45. The fourth-order valence-corrected chi connectivity index (χ4v) is 1.68. The van der Waals surface area contributed by atoms with Crippen LogP contribution in [0.1, 0.15) is 37.3 Å². The van der Waals surface area contributed by atoms with Gasteiger partial charge in [-0.1, -0.05) is 0 Å². The number of nitrogens with zero attached hydrogens (tertiary/aromatic N) is 2. The Bertz CT molecular complexity index is 449. The average molecular weight is 222 g/mol. The molecule has 5 nitrogen and oxygen atoms in total. The summed E-state index contributed by atoms with van der Waals surface area (Å²) in [6, 6.07) is 0.319. The minimum absolute atomic E-state index is 0.0112. The molecule has 0 atom stereocenters. The van der Waals surface area contributed by atoms with E-state index in [-0.39, 0.29) is 12.0 Å². The second-order valence-electron chi connectivity index (χ2n) is 4.11. The molecule has 1 N–H and O–H groups in total. The second-order valence-corrected chi connectivity index (χ2v) is 4.11. The summed E-state index contributed by atoms with van der Waals surface area (Å²) in [6.45, 7) is 0. The van der Waals surface area contributed by atoms with Crippen LogP contribution in [0.3, 0.4) is 0 Å². The first kappa shape index (κ1) is 10.9. The third kappa shape index (κ3) is 2.48. The second kappa shape index (κ2) is 4.47. The molecule has 0 radical (unpaired) electrons. The van der Waals surface area contributed by atoms with E-state index in [4.69, 9.17) is 5.11 Å². The monoisotopic (exact) mass is 222 g/mol. The highest BCUT2D eigenvalue weighted by molar-refractivity contribution is 5.66. The summed E-state index contributed by atoms with van der Waals surface area (Å²) in [5.41, 5.74) is 0.610. The highest BCUT2D eigenvalue weighted by atomic mass is 16.4. The molecular formula is C11H14N2O3. The first-order chi connectivity index (χ1) is 7.68. The van der Waals surface area contributed by atoms with Crippen LogP contribution in [0.15, 0.2) is 17.3 Å². The molecular weight excluding hydrogens is 208 g/mol. The molecule has 0 aliphatic heterocycles. The molecule has 5 heteroatoms. The fourth-order valence-electron chi connectivity index (χ4n) is 1.68. The number of hydrogen-bond donors (Lipinski definition) is 1. The predicted molar refractivity (Wildman–Crippen MR) is 57.3 cm³/mol. The van der Waals surface area contributed by atoms with Gasteiger partial charge in [0.15, 0.2) is 0 Å². The third-order valence-corrected chi connectivity index (χ3v) is 2.71. The molecule has 1 fully saturated rings. The van der Waals surface area contributed by atoms with Gasteiger partial charge < -0.3 is 5.11 Å². The molecule has 0 aromatic carbocycles. The van der Waals surface area contributed by atoms with Gasteiger partial charge in [-0.2, -0.15) is 0 Å². The highest BCUT2D eigenvalue weighted by Crippen LogP contribution is 2.32. The summed E-state index contributed by atoms with van der Waals surface area (Å²) >= 11 is 0. The maximum absolute atomic E-state index is 11.9. The van der Waals surface area contributed by atoms with Crippen molar-refractivity contribution in [3.8, 4) is 0 Å². The van der Waals surface area contributed by atoms with Crippen LogP contribution in [0.5, 0.6) is 0 Å². The van der Waals surface area contributed by atoms with E-state index in [0.29, 0.717) is 24.4 Å². The Morgan fingerprint density at radius 1 is 1.56 bits per heavy atom. The Morgan fingerprint density at radius 3 is 2.94 bits per heavy atom. The topological polar surface area (TPSA) is 72.2 Å². The lowest BCUT2D eigenvalue weighted by molar-refractivity contribution is -0.137.